The van der Waals surface area contributed by atoms with Gasteiger partial charge >= 0.3 is 0 Å². The Morgan fingerprint density at radius 2 is 2.21 bits per heavy atom. The molecule has 0 atom stereocenters. The van der Waals surface area contributed by atoms with Gasteiger partial charge in [0.05, 0.1) is 22.8 Å². The number of rotatable bonds is 3. The Labute approximate surface area is 114 Å². The molecule has 3 aromatic rings. The van der Waals surface area contributed by atoms with Gasteiger partial charge in [-0.2, -0.15) is 0 Å². The Hall–Kier alpha value is -2.21. The molecule has 0 saturated carbocycles. The number of nitrogen functional groups attached to an aromatic ring is 1. The number of hydrogen-bond donors (Lipinski definition) is 2. The number of nitrogens with two attached hydrogens (primary N) is 1. The van der Waals surface area contributed by atoms with Gasteiger partial charge in [-0.1, -0.05) is 0 Å². The van der Waals surface area contributed by atoms with E-state index in [1.807, 2.05) is 30.5 Å². The predicted octanol–water partition coefficient (Wildman–Crippen LogP) is 2.59. The molecule has 0 bridgehead atoms. The lowest BCUT2D eigenvalue weighted by atomic mass is 10.2. The molecule has 0 radical (unpaired) electrons. The molecule has 0 saturated heterocycles. The van der Waals surface area contributed by atoms with Crippen LogP contribution in [0.2, 0.25) is 0 Å². The summed E-state index contributed by atoms with van der Waals surface area (Å²) in [5.74, 6) is 0.781. The topological polar surface area (TPSA) is 76.7 Å². The molecule has 0 unspecified atom stereocenters. The number of nitrogens with zero attached hydrogens (tertiary/aromatic N) is 3. The molecule has 0 aliphatic carbocycles. The molecule has 3 N–H and O–H groups in total. The highest BCUT2D eigenvalue weighted by Gasteiger charge is 2.05. The Bertz CT molecular complexity index is 722. The Morgan fingerprint density at radius 3 is 3.00 bits per heavy atom. The second kappa shape index (κ2) is 4.81. The standard InChI is InChI=1S/C13H13N5S/c1-8-18-10(6-19-8)5-15-13-11-4-9(14)2-3-12(11)16-7-17-13/h2-4,6-7H,5,14H2,1H3,(H,15,16,17). The van der Waals surface area contributed by atoms with E-state index in [1.165, 1.54) is 0 Å². The molecule has 5 nitrogen and oxygen atoms in total. The first-order valence-corrected chi connectivity index (χ1v) is 6.75. The van der Waals surface area contributed by atoms with Crippen LogP contribution in [-0.4, -0.2) is 15.0 Å². The zero-order valence-electron chi connectivity index (χ0n) is 10.4. The first-order valence-electron chi connectivity index (χ1n) is 5.87. The van der Waals surface area contributed by atoms with E-state index in [0.717, 1.165) is 27.4 Å². The van der Waals surface area contributed by atoms with Crippen LogP contribution in [0.5, 0.6) is 0 Å². The third kappa shape index (κ3) is 2.48. The summed E-state index contributed by atoms with van der Waals surface area (Å²) in [6.45, 7) is 2.64. The number of hydrogen-bond acceptors (Lipinski definition) is 6. The monoisotopic (exact) mass is 271 g/mol. The van der Waals surface area contributed by atoms with E-state index < -0.39 is 0 Å². The molecule has 1 aromatic carbocycles. The lowest BCUT2D eigenvalue weighted by Crippen LogP contribution is -2.03. The SMILES string of the molecule is Cc1nc(CNc2ncnc3ccc(N)cc23)cs1. The van der Waals surface area contributed by atoms with E-state index in [2.05, 4.69) is 20.3 Å². The van der Waals surface area contributed by atoms with Crippen LogP contribution >= 0.6 is 11.3 Å². The summed E-state index contributed by atoms with van der Waals surface area (Å²) in [5, 5.41) is 7.31. The summed E-state index contributed by atoms with van der Waals surface area (Å²) in [6.07, 6.45) is 1.55. The average Bonchev–Trinajstić information content (AvgIpc) is 2.82. The minimum absolute atomic E-state index is 0.644. The highest BCUT2D eigenvalue weighted by molar-refractivity contribution is 7.09. The van der Waals surface area contributed by atoms with Crippen LogP contribution in [0, 0.1) is 6.92 Å². The molecule has 2 aromatic heterocycles. The second-order valence-corrected chi connectivity index (χ2v) is 5.27. The van der Waals surface area contributed by atoms with Crippen LogP contribution in [0.1, 0.15) is 10.7 Å². The molecular formula is C13H13N5S. The fraction of sp³-hybridized carbons (Fsp3) is 0.154. The number of aromatic nitrogens is 3. The molecule has 3 rings (SSSR count). The molecule has 6 heteroatoms. The van der Waals surface area contributed by atoms with Gasteiger partial charge < -0.3 is 11.1 Å². The molecule has 0 spiro atoms. The van der Waals surface area contributed by atoms with Crippen molar-refractivity contribution < 1.29 is 0 Å². The van der Waals surface area contributed by atoms with Crippen molar-refractivity contribution in [1.29, 1.82) is 0 Å². The molecule has 0 fully saturated rings. The van der Waals surface area contributed by atoms with Crippen molar-refractivity contribution in [3.05, 3.63) is 40.6 Å². The number of nitrogens with one attached hydrogen (secondary N) is 1. The number of aryl methyl sites for hydroxylation is 1. The molecule has 0 aliphatic heterocycles. The summed E-state index contributed by atoms with van der Waals surface area (Å²) >= 11 is 1.64. The van der Waals surface area contributed by atoms with Crippen molar-refractivity contribution >= 4 is 33.7 Å². The summed E-state index contributed by atoms with van der Waals surface area (Å²) in [4.78, 5) is 12.9. The van der Waals surface area contributed by atoms with Crippen LogP contribution in [0.4, 0.5) is 11.5 Å². The van der Waals surface area contributed by atoms with Crippen LogP contribution in [0.15, 0.2) is 29.9 Å². The lowest BCUT2D eigenvalue weighted by molar-refractivity contribution is 1.04. The van der Waals surface area contributed by atoms with E-state index in [1.54, 1.807) is 17.7 Å². The summed E-state index contributed by atoms with van der Waals surface area (Å²) in [5.41, 5.74) is 8.40. The summed E-state index contributed by atoms with van der Waals surface area (Å²) in [6, 6.07) is 5.61. The molecule has 0 aliphatic rings. The Morgan fingerprint density at radius 1 is 1.32 bits per heavy atom. The van der Waals surface area contributed by atoms with Crippen molar-refractivity contribution in [2.24, 2.45) is 0 Å². The normalized spacial score (nSPS) is 10.8. The zero-order valence-corrected chi connectivity index (χ0v) is 11.2. The largest absolute Gasteiger partial charge is 0.399 e. The Balaban J connectivity index is 1.90. The maximum atomic E-state index is 5.81. The maximum absolute atomic E-state index is 5.81. The van der Waals surface area contributed by atoms with Gasteiger partial charge in [0.1, 0.15) is 12.1 Å². The highest BCUT2D eigenvalue weighted by atomic mass is 32.1. The van der Waals surface area contributed by atoms with Gasteiger partial charge in [0.15, 0.2) is 0 Å². The quantitative estimate of drug-likeness (QED) is 0.716. The number of benzene rings is 1. The van der Waals surface area contributed by atoms with Gasteiger partial charge in [0.25, 0.3) is 0 Å². The van der Waals surface area contributed by atoms with Gasteiger partial charge in [0, 0.05) is 16.5 Å². The fourth-order valence-corrected chi connectivity index (χ4v) is 2.49. The van der Waals surface area contributed by atoms with Gasteiger partial charge in [-0.05, 0) is 25.1 Å². The fourth-order valence-electron chi connectivity index (χ4n) is 1.88. The van der Waals surface area contributed by atoms with Crippen LogP contribution in [0.25, 0.3) is 10.9 Å². The van der Waals surface area contributed by atoms with Gasteiger partial charge in [-0.15, -0.1) is 11.3 Å². The van der Waals surface area contributed by atoms with Crippen molar-refractivity contribution in [2.45, 2.75) is 13.5 Å². The Kier molecular flexibility index (Phi) is 3.00. The van der Waals surface area contributed by atoms with E-state index in [9.17, 15) is 0 Å². The van der Waals surface area contributed by atoms with Crippen molar-refractivity contribution in [1.82, 2.24) is 15.0 Å². The third-order valence-corrected chi connectivity index (χ3v) is 3.59. The van der Waals surface area contributed by atoms with E-state index in [4.69, 9.17) is 5.73 Å². The van der Waals surface area contributed by atoms with Crippen molar-refractivity contribution in [3.8, 4) is 0 Å². The van der Waals surface area contributed by atoms with Crippen molar-refractivity contribution in [3.63, 3.8) is 0 Å². The van der Waals surface area contributed by atoms with Gasteiger partial charge in [-0.25, -0.2) is 15.0 Å². The molecule has 96 valence electrons. The van der Waals surface area contributed by atoms with E-state index in [-0.39, 0.29) is 0 Å². The van der Waals surface area contributed by atoms with Crippen LogP contribution < -0.4 is 11.1 Å². The maximum Gasteiger partial charge on any atom is 0.137 e. The number of fused-ring (bicyclic) bond motifs is 1. The minimum Gasteiger partial charge on any atom is -0.399 e. The number of thiazole rings is 1. The van der Waals surface area contributed by atoms with Gasteiger partial charge in [0.2, 0.25) is 0 Å². The summed E-state index contributed by atoms with van der Waals surface area (Å²) in [7, 11) is 0. The zero-order chi connectivity index (χ0) is 13.2. The van der Waals surface area contributed by atoms with E-state index in [0.29, 0.717) is 12.2 Å². The lowest BCUT2D eigenvalue weighted by Gasteiger charge is -2.07. The van der Waals surface area contributed by atoms with Crippen LogP contribution in [0.3, 0.4) is 0 Å². The first-order chi connectivity index (χ1) is 9.22. The molecule has 2 heterocycles. The van der Waals surface area contributed by atoms with Crippen LogP contribution in [-0.2, 0) is 6.54 Å². The average molecular weight is 271 g/mol. The second-order valence-electron chi connectivity index (χ2n) is 4.21. The minimum atomic E-state index is 0.644. The van der Waals surface area contributed by atoms with E-state index >= 15 is 0 Å². The van der Waals surface area contributed by atoms with Crippen molar-refractivity contribution in [2.75, 3.05) is 11.1 Å². The summed E-state index contributed by atoms with van der Waals surface area (Å²) < 4.78 is 0. The molecule has 19 heavy (non-hydrogen) atoms. The number of anilines is 2. The smallest absolute Gasteiger partial charge is 0.137 e. The first kappa shape index (κ1) is 11.9. The third-order valence-electron chi connectivity index (χ3n) is 2.76. The van der Waals surface area contributed by atoms with Gasteiger partial charge in [-0.3, -0.25) is 0 Å². The molecular weight excluding hydrogens is 258 g/mol. The predicted molar refractivity (Wildman–Crippen MR) is 78.1 cm³/mol. The molecule has 0 amide bonds. The highest BCUT2D eigenvalue weighted by Crippen LogP contribution is 2.22.